The van der Waals surface area contributed by atoms with Crippen molar-refractivity contribution >= 4 is 27.3 Å². The van der Waals surface area contributed by atoms with E-state index in [2.05, 4.69) is 16.9 Å². The lowest BCUT2D eigenvalue weighted by Gasteiger charge is -2.29. The van der Waals surface area contributed by atoms with Crippen LogP contribution in [0.4, 0.5) is 8.78 Å². The van der Waals surface area contributed by atoms with E-state index in [9.17, 15) is 22.7 Å². The Morgan fingerprint density at radius 1 is 1.09 bits per heavy atom. The van der Waals surface area contributed by atoms with E-state index in [-0.39, 0.29) is 23.8 Å². The highest BCUT2D eigenvalue weighted by atomic mass is 32.2. The fourth-order valence-corrected chi connectivity index (χ4v) is 7.10. The van der Waals surface area contributed by atoms with E-state index >= 15 is 4.39 Å². The van der Waals surface area contributed by atoms with Crippen LogP contribution in [0.5, 0.6) is 0 Å². The van der Waals surface area contributed by atoms with Gasteiger partial charge in [-0.3, -0.25) is 0 Å². The zero-order valence-electron chi connectivity index (χ0n) is 23.5. The van der Waals surface area contributed by atoms with Crippen LogP contribution in [0.3, 0.4) is 0 Å². The molecule has 0 bridgehead atoms. The van der Waals surface area contributed by atoms with Crippen molar-refractivity contribution in [1.82, 2.24) is 19.7 Å². The number of rotatable bonds is 9. The molecule has 2 aliphatic rings. The van der Waals surface area contributed by atoms with Crippen LogP contribution in [0.1, 0.15) is 64.5 Å². The van der Waals surface area contributed by atoms with Gasteiger partial charge in [0.15, 0.2) is 5.69 Å². The number of carbonyl (C=O) groups is 1. The number of hydrogen-bond acceptors (Lipinski definition) is 7. The predicted molar refractivity (Wildman–Crippen MR) is 158 cm³/mol. The molecule has 0 radical (unpaired) electrons. The van der Waals surface area contributed by atoms with Gasteiger partial charge in [0.25, 0.3) is 0 Å². The predicted octanol–water partition coefficient (Wildman–Crippen LogP) is 4.97. The topological polar surface area (TPSA) is 131 Å². The standard InChI is InChI=1S/C30H31F2N5O4S2/c1-36-10-8-19(9-11-36)21-15-20(5-6-23(21)31)28-22(12-18-4-7-27(24(32)13-18)43(33,40)41)26(14-17-2-3-17)37(35-28)30-34-25(16-42-30)29(38)39/h4-7,13,15-17,19H,2-3,8-12,14H2,1H3,(H,38,39)(H2,33,40,41). The minimum atomic E-state index is -4.23. The molecule has 1 aliphatic heterocycles. The van der Waals surface area contributed by atoms with Crippen LogP contribution >= 0.6 is 11.3 Å². The molecule has 6 rings (SSSR count). The van der Waals surface area contributed by atoms with Crippen molar-refractivity contribution < 1.29 is 27.1 Å². The Balaban J connectivity index is 1.50. The lowest BCUT2D eigenvalue weighted by molar-refractivity contribution is 0.0691. The van der Waals surface area contributed by atoms with Crippen molar-refractivity contribution in [3.63, 3.8) is 0 Å². The summed E-state index contributed by atoms with van der Waals surface area (Å²) in [5.41, 5.74) is 3.87. The van der Waals surface area contributed by atoms with Crippen molar-refractivity contribution in [2.45, 2.75) is 49.3 Å². The number of benzene rings is 2. The minimum absolute atomic E-state index is 0.0598. The molecule has 2 aromatic heterocycles. The number of carboxylic acids is 1. The van der Waals surface area contributed by atoms with E-state index in [1.54, 1.807) is 10.7 Å². The molecule has 2 aromatic carbocycles. The molecule has 0 unspecified atom stereocenters. The van der Waals surface area contributed by atoms with Crippen LogP contribution in [0.2, 0.25) is 0 Å². The van der Waals surface area contributed by atoms with Crippen molar-refractivity contribution in [3.8, 4) is 16.4 Å². The fraction of sp³-hybridized carbons (Fsp3) is 0.367. The number of thiazole rings is 1. The third-order valence-corrected chi connectivity index (χ3v) is 10.0. The van der Waals surface area contributed by atoms with Crippen LogP contribution in [-0.4, -0.2) is 59.3 Å². The highest BCUT2D eigenvalue weighted by Gasteiger charge is 2.30. The summed E-state index contributed by atoms with van der Waals surface area (Å²) in [7, 11) is -2.18. The second kappa shape index (κ2) is 11.5. The Bertz CT molecular complexity index is 1810. The summed E-state index contributed by atoms with van der Waals surface area (Å²) in [5, 5.41) is 21.4. The van der Waals surface area contributed by atoms with E-state index < -0.39 is 26.7 Å². The number of aromatic nitrogens is 3. The minimum Gasteiger partial charge on any atom is -0.476 e. The van der Waals surface area contributed by atoms with Crippen molar-refractivity contribution in [2.75, 3.05) is 20.1 Å². The van der Waals surface area contributed by atoms with Gasteiger partial charge in [0.1, 0.15) is 16.5 Å². The van der Waals surface area contributed by atoms with Crippen molar-refractivity contribution in [2.24, 2.45) is 11.1 Å². The summed E-state index contributed by atoms with van der Waals surface area (Å²) in [5.74, 6) is -1.90. The lowest BCUT2D eigenvalue weighted by Crippen LogP contribution is -2.29. The highest BCUT2D eigenvalue weighted by Crippen LogP contribution is 2.39. The molecule has 2 fully saturated rings. The molecule has 3 heterocycles. The van der Waals surface area contributed by atoms with Gasteiger partial charge in [-0.25, -0.2) is 36.8 Å². The first-order valence-electron chi connectivity index (χ1n) is 14.1. The van der Waals surface area contributed by atoms with Gasteiger partial charge < -0.3 is 10.0 Å². The van der Waals surface area contributed by atoms with Gasteiger partial charge in [-0.05, 0) is 106 Å². The molecule has 0 atom stereocenters. The normalized spacial score (nSPS) is 16.6. The van der Waals surface area contributed by atoms with Gasteiger partial charge in [-0.15, -0.1) is 11.3 Å². The van der Waals surface area contributed by atoms with E-state index in [0.717, 1.165) is 73.5 Å². The molecular weight excluding hydrogens is 596 g/mol. The van der Waals surface area contributed by atoms with Gasteiger partial charge in [-0.1, -0.05) is 6.07 Å². The summed E-state index contributed by atoms with van der Waals surface area (Å²) in [6.45, 7) is 1.74. The number of hydrogen-bond donors (Lipinski definition) is 2. The number of halogens is 2. The summed E-state index contributed by atoms with van der Waals surface area (Å²) in [6, 6.07) is 8.81. The third kappa shape index (κ3) is 6.26. The van der Waals surface area contributed by atoms with Gasteiger partial charge in [-0.2, -0.15) is 5.10 Å². The molecule has 1 saturated heterocycles. The Morgan fingerprint density at radius 3 is 2.47 bits per heavy atom. The molecule has 0 spiro atoms. The number of piperidine rings is 1. The molecule has 4 aromatic rings. The second-order valence-corrected chi connectivity index (χ2v) is 13.8. The van der Waals surface area contributed by atoms with E-state index in [0.29, 0.717) is 39.9 Å². The summed E-state index contributed by atoms with van der Waals surface area (Å²) < 4.78 is 55.4. The van der Waals surface area contributed by atoms with Crippen LogP contribution < -0.4 is 5.14 Å². The Morgan fingerprint density at radius 2 is 1.84 bits per heavy atom. The van der Waals surface area contributed by atoms with E-state index in [4.69, 9.17) is 10.2 Å². The SMILES string of the molecule is CN1CCC(c2cc(-c3nn(-c4nc(C(=O)O)cs4)c(CC4CC4)c3Cc3ccc(S(N)(=O)=O)c(F)c3)ccc2F)CC1. The van der Waals surface area contributed by atoms with Gasteiger partial charge >= 0.3 is 5.97 Å². The highest BCUT2D eigenvalue weighted by molar-refractivity contribution is 7.89. The number of nitrogens with zero attached hydrogens (tertiary/aromatic N) is 4. The van der Waals surface area contributed by atoms with Crippen molar-refractivity contribution in [1.29, 1.82) is 0 Å². The summed E-state index contributed by atoms with van der Waals surface area (Å²) in [4.78, 5) is 17.6. The first kappa shape index (κ1) is 29.5. The van der Waals surface area contributed by atoms with Gasteiger partial charge in [0, 0.05) is 22.9 Å². The van der Waals surface area contributed by atoms with Crippen LogP contribution in [0.25, 0.3) is 16.4 Å². The smallest absolute Gasteiger partial charge is 0.355 e. The van der Waals surface area contributed by atoms with E-state index in [1.807, 2.05) is 6.07 Å². The third-order valence-electron chi connectivity index (χ3n) is 8.27. The molecule has 43 heavy (non-hydrogen) atoms. The monoisotopic (exact) mass is 627 g/mol. The number of likely N-dealkylation sites (tertiary alicyclic amines) is 1. The molecule has 3 N–H and O–H groups in total. The molecule has 13 heteroatoms. The van der Waals surface area contributed by atoms with Crippen LogP contribution in [0, 0.1) is 17.6 Å². The maximum atomic E-state index is 15.2. The lowest BCUT2D eigenvalue weighted by atomic mass is 9.87. The maximum Gasteiger partial charge on any atom is 0.355 e. The first-order valence-corrected chi connectivity index (χ1v) is 16.5. The van der Waals surface area contributed by atoms with Crippen LogP contribution in [-0.2, 0) is 22.9 Å². The Labute approximate surface area is 252 Å². The van der Waals surface area contributed by atoms with Gasteiger partial charge in [0.2, 0.25) is 15.2 Å². The quantitative estimate of drug-likeness (QED) is 0.268. The molecule has 1 aliphatic carbocycles. The molecule has 9 nitrogen and oxygen atoms in total. The Kier molecular flexibility index (Phi) is 7.92. The van der Waals surface area contributed by atoms with Gasteiger partial charge in [0.05, 0.1) is 11.4 Å². The first-order chi connectivity index (χ1) is 20.5. The Hall–Kier alpha value is -3.52. The van der Waals surface area contributed by atoms with Crippen LogP contribution in [0.15, 0.2) is 46.7 Å². The number of primary sulfonamides is 1. The molecular formula is C30H31F2N5O4S2. The number of nitrogens with two attached hydrogens (primary N) is 1. The summed E-state index contributed by atoms with van der Waals surface area (Å²) >= 11 is 1.16. The maximum absolute atomic E-state index is 15.2. The number of carboxylic acid groups (broad SMARTS) is 1. The summed E-state index contributed by atoms with van der Waals surface area (Å²) in [6.07, 6.45) is 4.58. The average molecular weight is 628 g/mol. The fourth-order valence-electron chi connectivity index (χ4n) is 5.74. The number of aromatic carboxylic acids is 1. The molecule has 1 saturated carbocycles. The largest absolute Gasteiger partial charge is 0.476 e. The average Bonchev–Trinajstić information content (AvgIpc) is 3.51. The van der Waals surface area contributed by atoms with Crippen molar-refractivity contribution in [3.05, 3.63) is 81.5 Å². The molecule has 0 amide bonds. The molecule has 226 valence electrons. The zero-order chi connectivity index (χ0) is 30.5. The second-order valence-electron chi connectivity index (χ2n) is 11.5. The number of sulfonamides is 1. The zero-order valence-corrected chi connectivity index (χ0v) is 25.1. The van der Waals surface area contributed by atoms with E-state index in [1.165, 1.54) is 17.5 Å².